The molecule has 1 aliphatic heterocycles. The Hall–Kier alpha value is -2.82. The van der Waals surface area contributed by atoms with Gasteiger partial charge in [0.05, 0.1) is 13.2 Å². The van der Waals surface area contributed by atoms with E-state index in [1.807, 2.05) is 13.8 Å². The van der Waals surface area contributed by atoms with Crippen molar-refractivity contribution in [1.82, 2.24) is 10.3 Å². The summed E-state index contributed by atoms with van der Waals surface area (Å²) in [4.78, 5) is 52.6. The molecule has 170 valence electrons. The molecule has 1 aromatic heterocycles. The number of aromatic nitrogens is 1. The zero-order valence-electron chi connectivity index (χ0n) is 17.5. The quantitative estimate of drug-likeness (QED) is 0.383. The van der Waals surface area contributed by atoms with Crippen LogP contribution < -0.4 is 10.2 Å². The SMILES string of the molecule is CCCCOC(=O)N(C(=O)OCCCC)c1cc(CSC2C(=O)NC2C(=O)O)ccn1. The van der Waals surface area contributed by atoms with Gasteiger partial charge in [0.15, 0.2) is 0 Å². The molecule has 1 aromatic rings. The number of nitrogens with one attached hydrogen (secondary N) is 1. The number of unbranched alkanes of at least 4 members (excludes halogenated alkanes) is 2. The molecule has 3 amide bonds. The van der Waals surface area contributed by atoms with Gasteiger partial charge in [-0.05, 0) is 30.5 Å². The molecule has 0 bridgehead atoms. The highest BCUT2D eigenvalue weighted by Gasteiger charge is 2.44. The lowest BCUT2D eigenvalue weighted by atomic mass is 10.1. The number of carbonyl (C=O) groups excluding carboxylic acids is 3. The zero-order valence-corrected chi connectivity index (χ0v) is 18.4. The normalized spacial score (nSPS) is 17.3. The molecule has 2 rings (SSSR count). The molecule has 0 aliphatic carbocycles. The summed E-state index contributed by atoms with van der Waals surface area (Å²) in [6.07, 6.45) is 2.63. The van der Waals surface area contributed by atoms with E-state index in [1.54, 1.807) is 6.07 Å². The highest BCUT2D eigenvalue weighted by molar-refractivity contribution is 8.00. The van der Waals surface area contributed by atoms with Crippen molar-refractivity contribution in [3.8, 4) is 0 Å². The average molecular weight is 454 g/mol. The van der Waals surface area contributed by atoms with Crippen LogP contribution in [0.15, 0.2) is 18.3 Å². The summed E-state index contributed by atoms with van der Waals surface area (Å²) in [6.45, 7) is 4.23. The van der Waals surface area contributed by atoms with Crippen LogP contribution in [0.3, 0.4) is 0 Å². The fourth-order valence-corrected chi connectivity index (χ4v) is 3.73. The van der Waals surface area contributed by atoms with Gasteiger partial charge in [-0.1, -0.05) is 26.7 Å². The molecular weight excluding hydrogens is 426 g/mol. The van der Waals surface area contributed by atoms with E-state index in [4.69, 9.17) is 14.6 Å². The number of aliphatic carboxylic acids is 1. The first-order valence-electron chi connectivity index (χ1n) is 10.1. The molecule has 1 saturated heterocycles. The minimum absolute atomic E-state index is 0.0361. The lowest BCUT2D eigenvalue weighted by molar-refractivity contribution is -0.147. The summed E-state index contributed by atoms with van der Waals surface area (Å²) in [5.74, 6) is -1.11. The van der Waals surface area contributed by atoms with E-state index in [9.17, 15) is 19.2 Å². The number of ether oxygens (including phenoxy) is 2. The van der Waals surface area contributed by atoms with E-state index in [2.05, 4.69) is 10.3 Å². The van der Waals surface area contributed by atoms with Crippen LogP contribution in [0.25, 0.3) is 0 Å². The predicted molar refractivity (Wildman–Crippen MR) is 114 cm³/mol. The average Bonchev–Trinajstić information content (AvgIpc) is 2.72. The van der Waals surface area contributed by atoms with Crippen LogP contribution >= 0.6 is 11.8 Å². The molecule has 1 fully saturated rings. The van der Waals surface area contributed by atoms with Gasteiger partial charge < -0.3 is 19.9 Å². The maximum absolute atomic E-state index is 12.5. The predicted octanol–water partition coefficient (Wildman–Crippen LogP) is 2.95. The largest absolute Gasteiger partial charge is 0.480 e. The Labute approximate surface area is 184 Å². The summed E-state index contributed by atoms with van der Waals surface area (Å²) in [6, 6.07) is 2.24. The van der Waals surface area contributed by atoms with Crippen molar-refractivity contribution in [2.45, 2.75) is 56.6 Å². The number of amides is 3. The molecule has 0 saturated carbocycles. The van der Waals surface area contributed by atoms with Crippen molar-refractivity contribution in [2.24, 2.45) is 0 Å². The van der Waals surface area contributed by atoms with Gasteiger partial charge in [0.25, 0.3) is 0 Å². The van der Waals surface area contributed by atoms with Crippen molar-refractivity contribution >= 4 is 41.6 Å². The van der Waals surface area contributed by atoms with E-state index in [0.29, 0.717) is 24.2 Å². The minimum atomic E-state index is -1.09. The Morgan fingerprint density at radius 3 is 2.29 bits per heavy atom. The number of imide groups is 1. The van der Waals surface area contributed by atoms with Gasteiger partial charge in [-0.3, -0.25) is 4.79 Å². The minimum Gasteiger partial charge on any atom is -0.480 e. The number of rotatable bonds is 11. The van der Waals surface area contributed by atoms with Crippen molar-refractivity contribution in [3.63, 3.8) is 0 Å². The van der Waals surface area contributed by atoms with Gasteiger partial charge in [0, 0.05) is 11.9 Å². The monoisotopic (exact) mass is 453 g/mol. The Morgan fingerprint density at radius 1 is 1.16 bits per heavy atom. The van der Waals surface area contributed by atoms with E-state index in [1.165, 1.54) is 12.3 Å². The molecule has 2 unspecified atom stereocenters. The fourth-order valence-electron chi connectivity index (χ4n) is 2.59. The fraction of sp³-hybridized carbons (Fsp3) is 0.550. The molecule has 2 heterocycles. The van der Waals surface area contributed by atoms with Gasteiger partial charge in [-0.25, -0.2) is 19.4 Å². The first kappa shape index (κ1) is 24.4. The first-order chi connectivity index (χ1) is 14.9. The molecule has 2 N–H and O–H groups in total. The topological polar surface area (TPSA) is 135 Å². The standard InChI is InChI=1S/C20H27N3O7S/c1-3-5-9-29-19(27)23(20(28)30-10-6-4-2)14-11-13(7-8-21-14)12-31-16-15(18(25)26)22-17(16)24/h7-8,11,15-16H,3-6,9-10,12H2,1-2H3,(H,22,24)(H,25,26). The van der Waals surface area contributed by atoms with Crippen molar-refractivity contribution in [3.05, 3.63) is 23.9 Å². The molecule has 31 heavy (non-hydrogen) atoms. The van der Waals surface area contributed by atoms with Crippen LogP contribution in [-0.4, -0.2) is 58.7 Å². The third kappa shape index (κ3) is 6.84. The van der Waals surface area contributed by atoms with E-state index in [-0.39, 0.29) is 24.9 Å². The maximum Gasteiger partial charge on any atom is 0.425 e. The number of nitrogens with zero attached hydrogens (tertiary/aromatic N) is 2. The number of pyridine rings is 1. The number of carboxylic acid groups (broad SMARTS) is 1. The molecule has 11 heteroatoms. The highest BCUT2D eigenvalue weighted by Crippen LogP contribution is 2.27. The number of thioether (sulfide) groups is 1. The molecule has 0 spiro atoms. The second-order valence-electron chi connectivity index (χ2n) is 6.85. The van der Waals surface area contributed by atoms with Gasteiger partial charge in [-0.15, -0.1) is 11.8 Å². The number of carbonyl (C=O) groups is 4. The summed E-state index contributed by atoms with van der Waals surface area (Å²) < 4.78 is 10.3. The molecular formula is C20H27N3O7S. The van der Waals surface area contributed by atoms with E-state index < -0.39 is 29.4 Å². The molecule has 0 radical (unpaired) electrons. The maximum atomic E-state index is 12.5. The molecule has 1 aliphatic rings. The second kappa shape index (κ2) is 12.1. The summed E-state index contributed by atoms with van der Waals surface area (Å²) >= 11 is 1.16. The van der Waals surface area contributed by atoms with E-state index in [0.717, 1.165) is 29.5 Å². The van der Waals surface area contributed by atoms with Crippen molar-refractivity contribution in [1.29, 1.82) is 0 Å². The third-order valence-corrected chi connectivity index (χ3v) is 5.75. The highest BCUT2D eigenvalue weighted by atomic mass is 32.2. The van der Waals surface area contributed by atoms with Gasteiger partial charge >= 0.3 is 18.2 Å². The van der Waals surface area contributed by atoms with Crippen LogP contribution in [-0.2, 0) is 24.8 Å². The zero-order chi connectivity index (χ0) is 22.8. The van der Waals surface area contributed by atoms with Crippen molar-refractivity contribution in [2.75, 3.05) is 18.1 Å². The van der Waals surface area contributed by atoms with E-state index >= 15 is 0 Å². The number of anilines is 1. The summed E-state index contributed by atoms with van der Waals surface area (Å²) in [7, 11) is 0. The summed E-state index contributed by atoms with van der Waals surface area (Å²) in [5, 5.41) is 10.7. The smallest absolute Gasteiger partial charge is 0.425 e. The Bertz CT molecular complexity index is 783. The van der Waals surface area contributed by atoms with Crippen LogP contribution in [0.2, 0.25) is 0 Å². The van der Waals surface area contributed by atoms with Crippen LogP contribution in [0.5, 0.6) is 0 Å². The Balaban J connectivity index is 2.11. The lowest BCUT2D eigenvalue weighted by Crippen LogP contribution is -2.64. The Morgan fingerprint density at radius 2 is 1.77 bits per heavy atom. The Kier molecular flexibility index (Phi) is 9.57. The molecule has 10 nitrogen and oxygen atoms in total. The molecule has 0 aromatic carbocycles. The lowest BCUT2D eigenvalue weighted by Gasteiger charge is -2.32. The number of carboxylic acids is 1. The van der Waals surface area contributed by atoms with Crippen molar-refractivity contribution < 1.29 is 33.8 Å². The first-order valence-corrected chi connectivity index (χ1v) is 11.2. The third-order valence-electron chi connectivity index (χ3n) is 4.41. The number of hydrogen-bond acceptors (Lipinski definition) is 8. The van der Waals surface area contributed by atoms with Crippen LogP contribution in [0.1, 0.15) is 45.1 Å². The second-order valence-corrected chi connectivity index (χ2v) is 7.98. The molecule has 2 atom stereocenters. The number of β-lactam (4-membered cyclic amide) rings is 1. The van der Waals surface area contributed by atoms with Gasteiger partial charge in [0.2, 0.25) is 5.91 Å². The van der Waals surface area contributed by atoms with Gasteiger partial charge in [-0.2, -0.15) is 4.90 Å². The summed E-state index contributed by atoms with van der Waals surface area (Å²) in [5.41, 5.74) is 0.659. The number of hydrogen-bond donors (Lipinski definition) is 2. The van der Waals surface area contributed by atoms with Gasteiger partial charge in [0.1, 0.15) is 17.1 Å². The van der Waals surface area contributed by atoms with Crippen LogP contribution in [0, 0.1) is 0 Å². The van der Waals surface area contributed by atoms with Crippen LogP contribution in [0.4, 0.5) is 15.4 Å².